The van der Waals surface area contributed by atoms with Crippen molar-refractivity contribution in [3.05, 3.63) is 18.0 Å². The van der Waals surface area contributed by atoms with E-state index in [0.717, 1.165) is 24.3 Å². The molecular formula is C15H20N2O2. The summed E-state index contributed by atoms with van der Waals surface area (Å²) < 4.78 is 1.73. The lowest BCUT2D eigenvalue weighted by Gasteiger charge is -2.56. The van der Waals surface area contributed by atoms with Gasteiger partial charge in [-0.2, -0.15) is 5.10 Å². The predicted molar refractivity (Wildman–Crippen MR) is 69.8 cm³/mol. The average Bonchev–Trinajstić information content (AvgIpc) is 2.74. The van der Waals surface area contributed by atoms with Crippen LogP contribution in [-0.4, -0.2) is 20.9 Å². The number of hydrogen-bond donors (Lipinski definition) is 1. The Balaban J connectivity index is 1.62. The molecule has 4 aliphatic rings. The summed E-state index contributed by atoms with van der Waals surface area (Å²) in [6, 6.07) is 1.61. The van der Waals surface area contributed by atoms with Crippen LogP contribution in [-0.2, 0) is 6.54 Å². The zero-order valence-corrected chi connectivity index (χ0v) is 11.1. The van der Waals surface area contributed by atoms with E-state index in [2.05, 4.69) is 5.10 Å². The SMILES string of the molecule is O=C(O)c1ccnn1CC12CC3CC(CC(C3)C1)C2. The van der Waals surface area contributed by atoms with Gasteiger partial charge in [0.15, 0.2) is 0 Å². The number of nitrogens with zero attached hydrogens (tertiary/aromatic N) is 2. The van der Waals surface area contributed by atoms with E-state index >= 15 is 0 Å². The minimum atomic E-state index is -0.859. The zero-order chi connectivity index (χ0) is 13.0. The smallest absolute Gasteiger partial charge is 0.354 e. The third-order valence-electron chi connectivity index (χ3n) is 5.59. The first-order chi connectivity index (χ1) is 9.13. The van der Waals surface area contributed by atoms with Crippen LogP contribution in [0.5, 0.6) is 0 Å². The summed E-state index contributed by atoms with van der Waals surface area (Å²) in [5.74, 6) is 1.84. The van der Waals surface area contributed by atoms with Crippen molar-refractivity contribution in [2.75, 3.05) is 0 Å². The lowest BCUT2D eigenvalue weighted by Crippen LogP contribution is -2.48. The largest absolute Gasteiger partial charge is 0.477 e. The molecule has 4 nitrogen and oxygen atoms in total. The Labute approximate surface area is 112 Å². The number of carboxylic acid groups (broad SMARTS) is 1. The molecule has 0 amide bonds. The molecule has 0 spiro atoms. The molecule has 0 atom stereocenters. The van der Waals surface area contributed by atoms with E-state index in [-0.39, 0.29) is 0 Å². The molecule has 4 saturated carbocycles. The van der Waals surface area contributed by atoms with Crippen molar-refractivity contribution in [3.63, 3.8) is 0 Å². The van der Waals surface area contributed by atoms with Gasteiger partial charge in [0.25, 0.3) is 0 Å². The topological polar surface area (TPSA) is 55.1 Å². The molecule has 1 aromatic rings. The number of aromatic carboxylic acids is 1. The molecule has 102 valence electrons. The van der Waals surface area contributed by atoms with Crippen LogP contribution in [0.3, 0.4) is 0 Å². The highest BCUT2D eigenvalue weighted by molar-refractivity contribution is 5.85. The standard InChI is InChI=1S/C15H20N2O2/c18-14(19)13-1-2-16-17(13)9-15-6-10-3-11(7-15)5-12(4-10)8-15/h1-2,10-12H,3-9H2,(H,18,19). The molecule has 0 unspecified atom stereocenters. The summed E-state index contributed by atoms with van der Waals surface area (Å²) >= 11 is 0. The first-order valence-corrected chi connectivity index (χ1v) is 7.39. The van der Waals surface area contributed by atoms with Crippen LogP contribution in [0.4, 0.5) is 0 Å². The van der Waals surface area contributed by atoms with E-state index in [0.29, 0.717) is 11.1 Å². The molecule has 4 heteroatoms. The van der Waals surface area contributed by atoms with E-state index in [1.165, 1.54) is 38.5 Å². The Kier molecular flexibility index (Phi) is 2.32. The maximum absolute atomic E-state index is 11.2. The van der Waals surface area contributed by atoms with E-state index in [9.17, 15) is 9.90 Å². The molecule has 1 heterocycles. The summed E-state index contributed by atoms with van der Waals surface area (Å²) in [5.41, 5.74) is 0.682. The molecular weight excluding hydrogens is 240 g/mol. The molecule has 1 aromatic heterocycles. The number of hydrogen-bond acceptors (Lipinski definition) is 2. The van der Waals surface area contributed by atoms with E-state index in [4.69, 9.17) is 0 Å². The fourth-order valence-electron chi connectivity index (χ4n) is 5.44. The van der Waals surface area contributed by atoms with E-state index in [1.807, 2.05) is 0 Å². The predicted octanol–water partition coefficient (Wildman–Crippen LogP) is 2.80. The first kappa shape index (κ1) is 11.5. The minimum absolute atomic E-state index is 0.338. The van der Waals surface area contributed by atoms with Gasteiger partial charge in [-0.25, -0.2) is 4.79 Å². The van der Waals surface area contributed by atoms with Crippen LogP contribution in [0, 0.1) is 23.2 Å². The van der Waals surface area contributed by atoms with Crippen molar-refractivity contribution in [2.24, 2.45) is 23.2 Å². The van der Waals surface area contributed by atoms with Crippen molar-refractivity contribution in [1.29, 1.82) is 0 Å². The maximum atomic E-state index is 11.2. The third-order valence-corrected chi connectivity index (χ3v) is 5.59. The van der Waals surface area contributed by atoms with Crippen LogP contribution in [0.15, 0.2) is 12.3 Å². The Morgan fingerprint density at radius 1 is 1.26 bits per heavy atom. The quantitative estimate of drug-likeness (QED) is 0.909. The molecule has 4 fully saturated rings. The first-order valence-electron chi connectivity index (χ1n) is 7.39. The second kappa shape index (κ2) is 3.84. The molecule has 0 aliphatic heterocycles. The van der Waals surface area contributed by atoms with Crippen LogP contribution >= 0.6 is 0 Å². The van der Waals surface area contributed by atoms with Gasteiger partial charge in [0.05, 0.1) is 0 Å². The van der Waals surface area contributed by atoms with Crippen LogP contribution in [0.25, 0.3) is 0 Å². The summed E-state index contributed by atoms with van der Waals surface area (Å²) in [5, 5.41) is 13.5. The number of carboxylic acids is 1. The van der Waals surface area contributed by atoms with Gasteiger partial charge in [-0.1, -0.05) is 0 Å². The maximum Gasteiger partial charge on any atom is 0.354 e. The molecule has 5 rings (SSSR count). The Morgan fingerprint density at radius 3 is 2.37 bits per heavy atom. The van der Waals surface area contributed by atoms with Gasteiger partial charge in [-0.15, -0.1) is 0 Å². The second-order valence-electron chi connectivity index (χ2n) is 7.10. The fraction of sp³-hybridized carbons (Fsp3) is 0.733. The van der Waals surface area contributed by atoms with E-state index < -0.39 is 5.97 Å². The number of carbonyl (C=O) groups is 1. The van der Waals surface area contributed by atoms with Crippen molar-refractivity contribution in [1.82, 2.24) is 9.78 Å². The molecule has 4 bridgehead atoms. The van der Waals surface area contributed by atoms with Gasteiger partial charge in [0.1, 0.15) is 5.69 Å². The second-order valence-corrected chi connectivity index (χ2v) is 7.10. The summed E-state index contributed by atoms with van der Waals surface area (Å²) in [4.78, 5) is 11.2. The fourth-order valence-corrected chi connectivity index (χ4v) is 5.44. The monoisotopic (exact) mass is 260 g/mol. The zero-order valence-electron chi connectivity index (χ0n) is 11.1. The summed E-state index contributed by atoms with van der Waals surface area (Å²) in [6.45, 7) is 0.811. The minimum Gasteiger partial charge on any atom is -0.477 e. The van der Waals surface area contributed by atoms with Gasteiger partial charge in [0, 0.05) is 12.7 Å². The molecule has 1 N–H and O–H groups in total. The van der Waals surface area contributed by atoms with Gasteiger partial charge >= 0.3 is 5.97 Å². The molecule has 0 saturated heterocycles. The highest BCUT2D eigenvalue weighted by Gasteiger charge is 2.51. The van der Waals surface area contributed by atoms with Gasteiger partial charge in [0.2, 0.25) is 0 Å². The van der Waals surface area contributed by atoms with Crippen LogP contribution < -0.4 is 0 Å². The summed E-state index contributed by atoms with van der Waals surface area (Å²) in [6.07, 6.45) is 9.75. The van der Waals surface area contributed by atoms with E-state index in [1.54, 1.807) is 16.9 Å². The summed E-state index contributed by atoms with van der Waals surface area (Å²) in [7, 11) is 0. The Morgan fingerprint density at radius 2 is 1.84 bits per heavy atom. The van der Waals surface area contributed by atoms with Crippen LogP contribution in [0.2, 0.25) is 0 Å². The lowest BCUT2D eigenvalue weighted by molar-refractivity contribution is -0.0638. The van der Waals surface area contributed by atoms with Crippen molar-refractivity contribution >= 4 is 5.97 Å². The third kappa shape index (κ3) is 1.80. The number of aromatic nitrogens is 2. The highest BCUT2D eigenvalue weighted by atomic mass is 16.4. The van der Waals surface area contributed by atoms with Crippen molar-refractivity contribution in [2.45, 2.75) is 45.1 Å². The molecule has 19 heavy (non-hydrogen) atoms. The van der Waals surface area contributed by atoms with Crippen molar-refractivity contribution < 1.29 is 9.90 Å². The van der Waals surface area contributed by atoms with Crippen LogP contribution in [0.1, 0.15) is 49.0 Å². The van der Waals surface area contributed by atoms with Gasteiger partial charge in [-0.3, -0.25) is 4.68 Å². The lowest BCUT2D eigenvalue weighted by atomic mass is 9.49. The normalized spacial score (nSPS) is 39.7. The van der Waals surface area contributed by atoms with Gasteiger partial charge < -0.3 is 5.11 Å². The van der Waals surface area contributed by atoms with Crippen molar-refractivity contribution in [3.8, 4) is 0 Å². The molecule has 4 aliphatic carbocycles. The molecule has 0 radical (unpaired) electrons. The molecule has 0 aromatic carbocycles. The average molecular weight is 260 g/mol. The number of rotatable bonds is 3. The van der Waals surface area contributed by atoms with Gasteiger partial charge in [-0.05, 0) is 67.8 Å². The Bertz CT molecular complexity index is 485. The highest BCUT2D eigenvalue weighted by Crippen LogP contribution is 2.60. The Hall–Kier alpha value is -1.32.